The maximum Gasteiger partial charge on any atom is 0.150 e. The van der Waals surface area contributed by atoms with Crippen LogP contribution < -0.4 is 0 Å². The number of pyridine rings is 2. The van der Waals surface area contributed by atoms with Gasteiger partial charge >= 0.3 is 0 Å². The fourth-order valence-corrected chi connectivity index (χ4v) is 8.60. The van der Waals surface area contributed by atoms with Crippen LogP contribution >= 0.6 is 0 Å². The molecule has 0 saturated carbocycles. The largest absolute Gasteiger partial charge is 0.507 e. The van der Waals surface area contributed by atoms with Crippen LogP contribution in [0.1, 0.15) is 26.3 Å². The van der Waals surface area contributed by atoms with Gasteiger partial charge in [0.05, 0.1) is 44.2 Å². The SMILES string of the molecule is CC(C)(C)c1ccnc(-c2cc(-c3cccc4c3nc3c5c(O)cccc5c5ccccc5n43)c3c4cccc5c6ccccc6n(c3c2)c54)c1. The zero-order chi connectivity index (χ0) is 34.2. The lowest BCUT2D eigenvalue weighted by atomic mass is 9.86. The first-order valence-electron chi connectivity index (χ1n) is 17.5. The lowest BCUT2D eigenvalue weighted by Gasteiger charge is -2.19. The summed E-state index contributed by atoms with van der Waals surface area (Å²) in [5.41, 5.74) is 12.6. The predicted molar refractivity (Wildman–Crippen MR) is 211 cm³/mol. The molecule has 0 radical (unpaired) electrons. The monoisotopic (exact) mass is 656 g/mol. The van der Waals surface area contributed by atoms with Crippen molar-refractivity contribution in [2.24, 2.45) is 0 Å². The number of hydrogen-bond donors (Lipinski definition) is 1. The van der Waals surface area contributed by atoms with Crippen molar-refractivity contribution in [1.82, 2.24) is 18.8 Å². The molecule has 242 valence electrons. The van der Waals surface area contributed by atoms with E-state index in [0.717, 1.165) is 66.3 Å². The van der Waals surface area contributed by atoms with Gasteiger partial charge in [-0.1, -0.05) is 99.6 Å². The topological polar surface area (TPSA) is 54.8 Å². The number of fused-ring (bicyclic) bond motifs is 14. The number of aromatic nitrogens is 4. The van der Waals surface area contributed by atoms with Gasteiger partial charge in [0, 0.05) is 44.3 Å². The van der Waals surface area contributed by atoms with E-state index < -0.39 is 0 Å². The average molecular weight is 657 g/mol. The number of benzene rings is 6. The third kappa shape index (κ3) is 3.75. The molecule has 0 aliphatic rings. The molecule has 0 bridgehead atoms. The second-order valence-electron chi connectivity index (χ2n) is 14.8. The van der Waals surface area contributed by atoms with Crippen molar-refractivity contribution in [3.05, 3.63) is 139 Å². The second-order valence-corrected chi connectivity index (χ2v) is 14.8. The molecular weight excluding hydrogens is 625 g/mol. The van der Waals surface area contributed by atoms with E-state index in [0.29, 0.717) is 0 Å². The molecule has 0 fully saturated rings. The van der Waals surface area contributed by atoms with Crippen LogP contribution in [-0.2, 0) is 5.41 Å². The van der Waals surface area contributed by atoms with Crippen LogP contribution in [-0.4, -0.2) is 23.9 Å². The second kappa shape index (κ2) is 9.83. The molecule has 51 heavy (non-hydrogen) atoms. The first-order valence-corrected chi connectivity index (χ1v) is 17.5. The average Bonchev–Trinajstić information content (AvgIpc) is 3.82. The highest BCUT2D eigenvalue weighted by molar-refractivity contribution is 6.27. The summed E-state index contributed by atoms with van der Waals surface area (Å²) in [6, 6.07) is 45.0. The van der Waals surface area contributed by atoms with Crippen LogP contribution in [0.2, 0.25) is 0 Å². The Hall–Kier alpha value is -6.46. The number of para-hydroxylation sites is 4. The summed E-state index contributed by atoms with van der Waals surface area (Å²) in [5, 5.41) is 19.0. The third-order valence-corrected chi connectivity index (χ3v) is 10.9. The summed E-state index contributed by atoms with van der Waals surface area (Å²) in [4.78, 5) is 10.4. The number of aromatic hydroxyl groups is 1. The Morgan fingerprint density at radius 2 is 1.22 bits per heavy atom. The third-order valence-electron chi connectivity index (χ3n) is 10.9. The van der Waals surface area contributed by atoms with Gasteiger partial charge in [0.1, 0.15) is 11.4 Å². The van der Waals surface area contributed by atoms with E-state index in [9.17, 15) is 5.11 Å². The quantitative estimate of drug-likeness (QED) is 0.188. The minimum absolute atomic E-state index is 0.0183. The van der Waals surface area contributed by atoms with E-state index in [1.54, 1.807) is 6.07 Å². The summed E-state index contributed by atoms with van der Waals surface area (Å²) >= 11 is 0. The van der Waals surface area contributed by atoms with Crippen molar-refractivity contribution in [2.75, 3.05) is 0 Å². The Labute approximate surface area is 293 Å². The first kappa shape index (κ1) is 28.4. The summed E-state index contributed by atoms with van der Waals surface area (Å²) in [6.07, 6.45) is 1.94. The maximum atomic E-state index is 11.3. The molecule has 0 amide bonds. The Balaban J connectivity index is 1.33. The molecule has 0 spiro atoms. The van der Waals surface area contributed by atoms with Gasteiger partial charge in [0.25, 0.3) is 0 Å². The number of imidazole rings is 1. The van der Waals surface area contributed by atoms with Gasteiger partial charge in [-0.05, 0) is 70.5 Å². The molecule has 0 atom stereocenters. The highest BCUT2D eigenvalue weighted by Crippen LogP contribution is 2.46. The molecule has 6 aromatic carbocycles. The molecule has 5 heteroatoms. The van der Waals surface area contributed by atoms with E-state index in [4.69, 9.17) is 9.97 Å². The molecule has 5 nitrogen and oxygen atoms in total. The predicted octanol–water partition coefficient (Wildman–Crippen LogP) is 11.7. The van der Waals surface area contributed by atoms with Crippen molar-refractivity contribution >= 4 is 76.5 Å². The standard InChI is InChI=1S/C46H32N4O/c1-46(2,3)27-21-22-47-35(25-27)26-23-34(41-33-16-8-15-32-29-12-5-6-17-36(29)49(44(32)33)39(41)24-26)31-14-9-19-38-43(31)48-45-42-30(13-10-20-40(42)51)28-11-4-7-18-37(28)50(38)45/h4-25,51H,1-3H3. The van der Waals surface area contributed by atoms with Crippen molar-refractivity contribution in [3.8, 4) is 28.1 Å². The van der Waals surface area contributed by atoms with Gasteiger partial charge in [-0.15, -0.1) is 0 Å². The van der Waals surface area contributed by atoms with Gasteiger partial charge in [0.2, 0.25) is 0 Å². The lowest BCUT2D eigenvalue weighted by molar-refractivity contribution is 0.482. The van der Waals surface area contributed by atoms with E-state index >= 15 is 0 Å². The van der Waals surface area contributed by atoms with Crippen LogP contribution in [0.4, 0.5) is 0 Å². The number of rotatable bonds is 2. The van der Waals surface area contributed by atoms with Gasteiger partial charge in [-0.25, -0.2) is 4.98 Å². The smallest absolute Gasteiger partial charge is 0.150 e. The first-order chi connectivity index (χ1) is 24.9. The van der Waals surface area contributed by atoms with Gasteiger partial charge in [0.15, 0.2) is 0 Å². The summed E-state index contributed by atoms with van der Waals surface area (Å²) in [7, 11) is 0. The van der Waals surface area contributed by atoms with E-state index in [-0.39, 0.29) is 11.2 Å². The molecule has 0 aliphatic carbocycles. The molecule has 0 saturated heterocycles. The fourth-order valence-electron chi connectivity index (χ4n) is 8.60. The molecule has 0 unspecified atom stereocenters. The van der Waals surface area contributed by atoms with Crippen LogP contribution in [0.25, 0.3) is 98.8 Å². The van der Waals surface area contributed by atoms with Crippen LogP contribution in [0, 0.1) is 0 Å². The number of phenols is 1. The van der Waals surface area contributed by atoms with Gasteiger partial charge in [-0.2, -0.15) is 0 Å². The molecule has 11 rings (SSSR count). The van der Waals surface area contributed by atoms with Crippen molar-refractivity contribution in [3.63, 3.8) is 0 Å². The van der Waals surface area contributed by atoms with E-state index in [2.05, 4.69) is 145 Å². The lowest BCUT2D eigenvalue weighted by Crippen LogP contribution is -2.11. The molecule has 1 N–H and O–H groups in total. The molecule has 5 aromatic heterocycles. The fraction of sp³-hybridized carbons (Fsp3) is 0.0870. The number of hydrogen-bond acceptors (Lipinski definition) is 3. The minimum atomic E-state index is -0.0183. The number of nitrogens with zero attached hydrogens (tertiary/aromatic N) is 4. The summed E-state index contributed by atoms with van der Waals surface area (Å²) < 4.78 is 4.66. The molecule has 5 heterocycles. The van der Waals surface area contributed by atoms with E-state index in [1.807, 2.05) is 12.3 Å². The Morgan fingerprint density at radius 3 is 2.04 bits per heavy atom. The normalized spacial score (nSPS) is 12.7. The van der Waals surface area contributed by atoms with Crippen LogP contribution in [0.5, 0.6) is 5.75 Å². The Kier molecular flexibility index (Phi) is 5.47. The van der Waals surface area contributed by atoms with Crippen molar-refractivity contribution in [2.45, 2.75) is 26.2 Å². The van der Waals surface area contributed by atoms with Crippen LogP contribution in [0.15, 0.2) is 134 Å². The van der Waals surface area contributed by atoms with Gasteiger partial charge < -0.3 is 9.51 Å². The van der Waals surface area contributed by atoms with E-state index in [1.165, 1.54) is 38.1 Å². The molecule has 11 aromatic rings. The maximum absolute atomic E-state index is 11.3. The highest BCUT2D eigenvalue weighted by Gasteiger charge is 2.24. The summed E-state index contributed by atoms with van der Waals surface area (Å²) in [6.45, 7) is 6.73. The zero-order valence-electron chi connectivity index (χ0n) is 28.4. The summed E-state index contributed by atoms with van der Waals surface area (Å²) in [5.74, 6) is 0.228. The Bertz CT molecular complexity index is 3250. The van der Waals surface area contributed by atoms with Crippen LogP contribution in [0.3, 0.4) is 0 Å². The zero-order valence-corrected chi connectivity index (χ0v) is 28.4. The van der Waals surface area contributed by atoms with Crippen molar-refractivity contribution in [1.29, 1.82) is 0 Å². The molecular formula is C46H32N4O. The number of phenolic OH excluding ortho intramolecular Hbond substituents is 1. The van der Waals surface area contributed by atoms with Gasteiger partial charge in [-0.3, -0.25) is 9.38 Å². The highest BCUT2D eigenvalue weighted by atomic mass is 16.3. The van der Waals surface area contributed by atoms with Crippen molar-refractivity contribution < 1.29 is 5.11 Å². The Morgan fingerprint density at radius 1 is 0.549 bits per heavy atom. The minimum Gasteiger partial charge on any atom is -0.507 e. The molecule has 0 aliphatic heterocycles.